The first-order chi connectivity index (χ1) is 10.8. The lowest BCUT2D eigenvalue weighted by Crippen LogP contribution is -2.07. The van der Waals surface area contributed by atoms with Gasteiger partial charge in [-0.05, 0) is 76.8 Å². The Hall–Kier alpha value is -1.96. The van der Waals surface area contributed by atoms with Gasteiger partial charge < -0.3 is 10.6 Å². The number of hydrogen-bond donors (Lipinski definition) is 2. The summed E-state index contributed by atoms with van der Waals surface area (Å²) in [4.78, 5) is 0. The first-order valence-corrected chi connectivity index (χ1v) is 8.41. The molecule has 2 heteroatoms. The van der Waals surface area contributed by atoms with Crippen LogP contribution in [0, 0.1) is 20.8 Å². The standard InChI is InChI=1S/C21H32N2/c1-9-14(3)11-12-19(15(4)10-2)23-21-17(6)16(5)13-20(22-8)18(21)7/h9,11-13,22-23H,10H2,1-8H3/b12-11-,14-9-,19-15-. The predicted molar refractivity (Wildman–Crippen MR) is 105 cm³/mol. The van der Waals surface area contributed by atoms with Crippen LogP contribution in [0.2, 0.25) is 0 Å². The molecule has 0 aliphatic heterocycles. The lowest BCUT2D eigenvalue weighted by molar-refractivity contribution is 1.07. The van der Waals surface area contributed by atoms with Crippen LogP contribution in [0.15, 0.2) is 41.1 Å². The summed E-state index contributed by atoms with van der Waals surface area (Å²) in [5.74, 6) is 0. The maximum Gasteiger partial charge on any atom is 0.0467 e. The monoisotopic (exact) mass is 312 g/mol. The highest BCUT2D eigenvalue weighted by Crippen LogP contribution is 2.32. The highest BCUT2D eigenvalue weighted by atomic mass is 14.9. The lowest BCUT2D eigenvalue weighted by atomic mass is 10.0. The Morgan fingerprint density at radius 3 is 2.26 bits per heavy atom. The summed E-state index contributed by atoms with van der Waals surface area (Å²) in [6.07, 6.45) is 7.51. The van der Waals surface area contributed by atoms with E-state index in [1.165, 1.54) is 44.9 Å². The fraction of sp³-hybridized carbons (Fsp3) is 0.429. The van der Waals surface area contributed by atoms with Gasteiger partial charge in [0.15, 0.2) is 0 Å². The molecule has 0 bridgehead atoms. The third kappa shape index (κ3) is 4.75. The Bertz CT molecular complexity index is 646. The van der Waals surface area contributed by atoms with Gasteiger partial charge in [-0.1, -0.05) is 30.2 Å². The van der Waals surface area contributed by atoms with E-state index in [4.69, 9.17) is 0 Å². The van der Waals surface area contributed by atoms with Crippen molar-refractivity contribution in [3.8, 4) is 0 Å². The fourth-order valence-corrected chi connectivity index (χ4v) is 2.42. The van der Waals surface area contributed by atoms with Gasteiger partial charge in [0.05, 0.1) is 0 Å². The molecule has 2 N–H and O–H groups in total. The first-order valence-electron chi connectivity index (χ1n) is 8.41. The van der Waals surface area contributed by atoms with E-state index < -0.39 is 0 Å². The van der Waals surface area contributed by atoms with Crippen molar-refractivity contribution in [1.29, 1.82) is 0 Å². The van der Waals surface area contributed by atoms with Crippen molar-refractivity contribution in [2.75, 3.05) is 17.7 Å². The molecule has 0 spiro atoms. The minimum absolute atomic E-state index is 1.03. The minimum atomic E-state index is 1.03. The summed E-state index contributed by atoms with van der Waals surface area (Å²) < 4.78 is 0. The number of benzene rings is 1. The third-order valence-corrected chi connectivity index (χ3v) is 4.59. The molecule has 0 saturated carbocycles. The van der Waals surface area contributed by atoms with Gasteiger partial charge in [0, 0.05) is 24.1 Å². The Morgan fingerprint density at radius 1 is 1.09 bits per heavy atom. The van der Waals surface area contributed by atoms with Crippen molar-refractivity contribution in [3.05, 3.63) is 57.8 Å². The van der Waals surface area contributed by atoms with Crippen LogP contribution in [0.3, 0.4) is 0 Å². The molecule has 0 unspecified atom stereocenters. The van der Waals surface area contributed by atoms with Crippen molar-refractivity contribution in [2.45, 2.75) is 54.9 Å². The number of hydrogen-bond acceptors (Lipinski definition) is 2. The number of nitrogens with one attached hydrogen (secondary N) is 2. The van der Waals surface area contributed by atoms with E-state index in [1.807, 2.05) is 7.05 Å². The van der Waals surface area contributed by atoms with Crippen molar-refractivity contribution < 1.29 is 0 Å². The molecular weight excluding hydrogens is 280 g/mol. The Balaban J connectivity index is 3.35. The van der Waals surface area contributed by atoms with Gasteiger partial charge in [-0.15, -0.1) is 0 Å². The smallest absolute Gasteiger partial charge is 0.0467 e. The van der Waals surface area contributed by atoms with E-state index in [9.17, 15) is 0 Å². The zero-order valence-electron chi connectivity index (χ0n) is 16.0. The third-order valence-electron chi connectivity index (χ3n) is 4.59. The van der Waals surface area contributed by atoms with Gasteiger partial charge in [-0.25, -0.2) is 0 Å². The van der Waals surface area contributed by atoms with E-state index in [2.05, 4.69) is 83.4 Å². The van der Waals surface area contributed by atoms with Crippen LogP contribution < -0.4 is 10.6 Å². The van der Waals surface area contributed by atoms with Crippen molar-refractivity contribution in [2.24, 2.45) is 0 Å². The summed E-state index contributed by atoms with van der Waals surface area (Å²) in [5.41, 5.74) is 10.1. The zero-order chi connectivity index (χ0) is 17.6. The fourth-order valence-electron chi connectivity index (χ4n) is 2.42. The average molecular weight is 313 g/mol. The van der Waals surface area contributed by atoms with Crippen LogP contribution >= 0.6 is 0 Å². The van der Waals surface area contributed by atoms with Crippen LogP contribution in [-0.4, -0.2) is 7.05 Å². The van der Waals surface area contributed by atoms with Crippen molar-refractivity contribution in [1.82, 2.24) is 0 Å². The topological polar surface area (TPSA) is 24.1 Å². The molecule has 0 radical (unpaired) electrons. The van der Waals surface area contributed by atoms with Crippen LogP contribution in [0.1, 0.15) is 50.8 Å². The van der Waals surface area contributed by atoms with E-state index >= 15 is 0 Å². The second-order valence-electron chi connectivity index (χ2n) is 6.15. The summed E-state index contributed by atoms with van der Waals surface area (Å²) in [6.45, 7) is 15.1. The second-order valence-corrected chi connectivity index (χ2v) is 6.15. The van der Waals surface area contributed by atoms with Crippen molar-refractivity contribution >= 4 is 11.4 Å². The highest BCUT2D eigenvalue weighted by molar-refractivity contribution is 5.73. The van der Waals surface area contributed by atoms with Crippen LogP contribution in [0.5, 0.6) is 0 Å². The molecule has 0 aliphatic carbocycles. The van der Waals surface area contributed by atoms with Crippen LogP contribution in [0.4, 0.5) is 11.4 Å². The highest BCUT2D eigenvalue weighted by Gasteiger charge is 2.11. The Labute approximate surface area is 142 Å². The molecule has 0 aliphatic rings. The molecule has 126 valence electrons. The number of aryl methyl sites for hydroxylation is 1. The van der Waals surface area contributed by atoms with Crippen molar-refractivity contribution in [3.63, 3.8) is 0 Å². The SMILES string of the molecule is C\C=C(C)/C=C\C(Nc1c(C)c(C)cc(NC)c1C)=C(/C)CC. The molecule has 1 aromatic rings. The molecule has 0 amide bonds. The molecule has 0 atom stereocenters. The molecule has 0 heterocycles. The maximum atomic E-state index is 3.69. The molecule has 2 nitrogen and oxygen atoms in total. The first kappa shape index (κ1) is 19.1. The van der Waals surface area contributed by atoms with E-state index in [-0.39, 0.29) is 0 Å². The van der Waals surface area contributed by atoms with E-state index in [1.54, 1.807) is 0 Å². The van der Waals surface area contributed by atoms with E-state index in [0.29, 0.717) is 0 Å². The maximum absolute atomic E-state index is 3.69. The average Bonchev–Trinajstić information content (AvgIpc) is 2.56. The zero-order valence-corrected chi connectivity index (χ0v) is 16.0. The minimum Gasteiger partial charge on any atom is -0.388 e. The summed E-state index contributed by atoms with van der Waals surface area (Å²) in [7, 11) is 1.98. The molecule has 0 aromatic heterocycles. The largest absolute Gasteiger partial charge is 0.388 e. The number of rotatable bonds is 6. The van der Waals surface area contributed by atoms with Gasteiger partial charge >= 0.3 is 0 Å². The van der Waals surface area contributed by atoms with Crippen LogP contribution in [-0.2, 0) is 0 Å². The Morgan fingerprint density at radius 2 is 1.74 bits per heavy atom. The summed E-state index contributed by atoms with van der Waals surface area (Å²) >= 11 is 0. The molecule has 0 saturated heterocycles. The van der Waals surface area contributed by atoms with Gasteiger partial charge in [0.1, 0.15) is 0 Å². The molecule has 0 fully saturated rings. The lowest BCUT2D eigenvalue weighted by Gasteiger charge is -2.20. The summed E-state index contributed by atoms with van der Waals surface area (Å²) in [6, 6.07) is 2.21. The molecule has 23 heavy (non-hydrogen) atoms. The molecular formula is C21H32N2. The molecule has 1 aromatic carbocycles. The van der Waals surface area contributed by atoms with Gasteiger partial charge in [-0.3, -0.25) is 0 Å². The molecule has 1 rings (SSSR count). The summed E-state index contributed by atoms with van der Waals surface area (Å²) in [5, 5.41) is 6.98. The Kier molecular flexibility index (Phi) is 7.15. The quantitative estimate of drug-likeness (QED) is 0.605. The van der Waals surface area contributed by atoms with Gasteiger partial charge in [0.2, 0.25) is 0 Å². The van der Waals surface area contributed by atoms with Gasteiger partial charge in [-0.2, -0.15) is 0 Å². The number of allylic oxidation sites excluding steroid dienone is 5. The normalized spacial score (nSPS) is 13.3. The van der Waals surface area contributed by atoms with Gasteiger partial charge in [0.25, 0.3) is 0 Å². The predicted octanol–water partition coefficient (Wildman–Crippen LogP) is 6.27. The van der Waals surface area contributed by atoms with E-state index in [0.717, 1.165) is 6.42 Å². The second kappa shape index (κ2) is 8.61. The van der Waals surface area contributed by atoms with Crippen LogP contribution in [0.25, 0.3) is 0 Å². The number of anilines is 2.